The van der Waals surface area contributed by atoms with Crippen LogP contribution in [0.3, 0.4) is 0 Å². The summed E-state index contributed by atoms with van der Waals surface area (Å²) in [6.45, 7) is 3.20. The minimum atomic E-state index is 0.745. The molecule has 2 N–H and O–H groups in total. The number of hydrogen-bond donors (Lipinski definition) is 2. The molecule has 3 heteroatoms. The molecule has 0 spiro atoms. The number of anilines is 2. The van der Waals surface area contributed by atoms with Crippen molar-refractivity contribution in [3.63, 3.8) is 0 Å². The van der Waals surface area contributed by atoms with E-state index in [2.05, 4.69) is 28.6 Å². The lowest BCUT2D eigenvalue weighted by Crippen LogP contribution is -2.13. The van der Waals surface area contributed by atoms with Crippen LogP contribution < -0.4 is 10.6 Å². The standard InChI is InChI=1S/C16H23N3/c1-2-5-18-12-7-13(9-17-8-12)19-16-14-10-3-4-11(6-10)15(14)16/h7-11,14-16,18-19H,2-6H2,1H3. The lowest BCUT2D eigenvalue weighted by atomic mass is 10.0. The maximum Gasteiger partial charge on any atom is 0.0549 e. The van der Waals surface area contributed by atoms with Crippen molar-refractivity contribution < 1.29 is 0 Å². The van der Waals surface area contributed by atoms with Crippen LogP contribution in [-0.2, 0) is 0 Å². The molecule has 19 heavy (non-hydrogen) atoms. The van der Waals surface area contributed by atoms with E-state index in [0.29, 0.717) is 0 Å². The van der Waals surface area contributed by atoms with E-state index in [1.54, 1.807) is 0 Å². The van der Waals surface area contributed by atoms with E-state index < -0.39 is 0 Å². The highest BCUT2D eigenvalue weighted by Gasteiger charge is 2.64. The Kier molecular flexibility index (Phi) is 2.68. The minimum Gasteiger partial charge on any atom is -0.384 e. The van der Waals surface area contributed by atoms with Crippen LogP contribution in [0, 0.1) is 23.7 Å². The first kappa shape index (κ1) is 11.6. The van der Waals surface area contributed by atoms with Crippen molar-refractivity contribution in [1.29, 1.82) is 0 Å². The van der Waals surface area contributed by atoms with E-state index in [4.69, 9.17) is 0 Å². The zero-order chi connectivity index (χ0) is 12.8. The average molecular weight is 257 g/mol. The number of nitrogens with zero attached hydrogens (tertiary/aromatic N) is 1. The molecule has 3 aliphatic rings. The molecule has 4 atom stereocenters. The summed E-state index contributed by atoms with van der Waals surface area (Å²) in [7, 11) is 0. The molecule has 0 radical (unpaired) electrons. The van der Waals surface area contributed by atoms with Gasteiger partial charge in [-0.15, -0.1) is 0 Å². The van der Waals surface area contributed by atoms with E-state index in [9.17, 15) is 0 Å². The summed E-state index contributed by atoms with van der Waals surface area (Å²) in [6, 6.07) is 2.95. The van der Waals surface area contributed by atoms with Crippen molar-refractivity contribution in [3.05, 3.63) is 18.5 Å². The fraction of sp³-hybridized carbons (Fsp3) is 0.688. The Morgan fingerprint density at radius 3 is 2.63 bits per heavy atom. The van der Waals surface area contributed by atoms with Crippen molar-refractivity contribution in [2.24, 2.45) is 23.7 Å². The molecule has 3 fully saturated rings. The predicted molar refractivity (Wildman–Crippen MR) is 78.2 cm³/mol. The van der Waals surface area contributed by atoms with E-state index in [0.717, 1.165) is 48.4 Å². The minimum absolute atomic E-state index is 0.745. The summed E-state index contributed by atoms with van der Waals surface area (Å²) in [6.07, 6.45) is 9.52. The van der Waals surface area contributed by atoms with Gasteiger partial charge in [-0.2, -0.15) is 0 Å². The molecule has 0 aliphatic heterocycles. The third-order valence-corrected chi connectivity index (χ3v) is 5.39. The summed E-state index contributed by atoms with van der Waals surface area (Å²) in [5, 5.41) is 7.14. The van der Waals surface area contributed by atoms with Gasteiger partial charge in [0.05, 0.1) is 23.8 Å². The van der Waals surface area contributed by atoms with Gasteiger partial charge in [0, 0.05) is 12.6 Å². The largest absolute Gasteiger partial charge is 0.384 e. The highest BCUT2D eigenvalue weighted by Crippen LogP contribution is 2.66. The summed E-state index contributed by atoms with van der Waals surface area (Å²) in [5.74, 6) is 4.01. The lowest BCUT2D eigenvalue weighted by molar-refractivity contribution is 0.456. The monoisotopic (exact) mass is 257 g/mol. The number of rotatable bonds is 5. The second kappa shape index (κ2) is 4.39. The van der Waals surface area contributed by atoms with Gasteiger partial charge in [-0.05, 0) is 55.4 Å². The molecule has 3 saturated carbocycles. The highest BCUT2D eigenvalue weighted by atomic mass is 15.0. The summed E-state index contributed by atoms with van der Waals surface area (Å²) >= 11 is 0. The van der Waals surface area contributed by atoms with E-state index >= 15 is 0 Å². The Hall–Kier alpha value is -1.25. The molecule has 0 aromatic carbocycles. The Morgan fingerprint density at radius 2 is 1.89 bits per heavy atom. The first-order chi connectivity index (χ1) is 9.36. The smallest absolute Gasteiger partial charge is 0.0549 e. The summed E-state index contributed by atoms with van der Waals surface area (Å²) in [4.78, 5) is 4.34. The number of nitrogens with one attached hydrogen (secondary N) is 2. The molecule has 1 heterocycles. The van der Waals surface area contributed by atoms with Crippen LogP contribution in [0.15, 0.2) is 18.5 Å². The van der Waals surface area contributed by atoms with Crippen molar-refractivity contribution in [3.8, 4) is 0 Å². The Bertz CT molecular complexity index is 457. The van der Waals surface area contributed by atoms with Crippen molar-refractivity contribution in [1.82, 2.24) is 4.98 Å². The van der Waals surface area contributed by atoms with Crippen LogP contribution in [0.2, 0.25) is 0 Å². The molecule has 4 rings (SSSR count). The van der Waals surface area contributed by atoms with Crippen molar-refractivity contribution >= 4 is 11.4 Å². The summed E-state index contributed by atoms with van der Waals surface area (Å²) in [5.41, 5.74) is 2.33. The average Bonchev–Trinajstić information content (AvgIpc) is 2.84. The third-order valence-electron chi connectivity index (χ3n) is 5.39. The molecule has 2 bridgehead atoms. The van der Waals surface area contributed by atoms with E-state index in [1.165, 1.54) is 24.9 Å². The molecule has 0 amide bonds. The second-order valence-electron chi connectivity index (χ2n) is 6.55. The molecule has 3 nitrogen and oxygen atoms in total. The van der Waals surface area contributed by atoms with Gasteiger partial charge < -0.3 is 10.6 Å². The summed E-state index contributed by atoms with van der Waals surface area (Å²) < 4.78 is 0. The molecule has 1 aromatic rings. The van der Waals surface area contributed by atoms with Gasteiger partial charge in [-0.1, -0.05) is 6.92 Å². The van der Waals surface area contributed by atoms with Crippen molar-refractivity contribution in [2.75, 3.05) is 17.2 Å². The maximum atomic E-state index is 4.34. The normalized spacial score (nSPS) is 38.1. The van der Waals surface area contributed by atoms with Crippen LogP contribution in [-0.4, -0.2) is 17.6 Å². The Labute approximate surface area is 115 Å². The number of aromatic nitrogens is 1. The molecule has 1 aromatic heterocycles. The van der Waals surface area contributed by atoms with Gasteiger partial charge in [0.2, 0.25) is 0 Å². The van der Waals surface area contributed by atoms with Gasteiger partial charge in [0.1, 0.15) is 0 Å². The molecule has 102 valence electrons. The first-order valence-corrected chi connectivity index (χ1v) is 7.82. The van der Waals surface area contributed by atoms with Crippen molar-refractivity contribution in [2.45, 2.75) is 38.6 Å². The zero-order valence-corrected chi connectivity index (χ0v) is 11.6. The fourth-order valence-corrected chi connectivity index (χ4v) is 4.60. The lowest BCUT2D eigenvalue weighted by Gasteiger charge is -2.12. The van der Waals surface area contributed by atoms with E-state index in [-0.39, 0.29) is 0 Å². The van der Waals surface area contributed by atoms with Gasteiger partial charge in [-0.25, -0.2) is 0 Å². The molecular weight excluding hydrogens is 234 g/mol. The third kappa shape index (κ3) is 1.90. The van der Waals surface area contributed by atoms with Crippen LogP contribution in [0.25, 0.3) is 0 Å². The van der Waals surface area contributed by atoms with Crippen LogP contribution in [0.1, 0.15) is 32.6 Å². The van der Waals surface area contributed by atoms with Crippen LogP contribution in [0.5, 0.6) is 0 Å². The van der Waals surface area contributed by atoms with Crippen LogP contribution >= 0.6 is 0 Å². The molecule has 4 unspecified atom stereocenters. The maximum absolute atomic E-state index is 4.34. The number of pyridine rings is 1. The number of fused-ring (bicyclic) bond motifs is 5. The van der Waals surface area contributed by atoms with E-state index in [1.807, 2.05) is 12.4 Å². The zero-order valence-electron chi connectivity index (χ0n) is 11.6. The Morgan fingerprint density at radius 1 is 1.16 bits per heavy atom. The SMILES string of the molecule is CCCNc1cncc(NC2C3C4CCC(C4)C23)c1. The second-order valence-corrected chi connectivity index (χ2v) is 6.55. The quantitative estimate of drug-likeness (QED) is 0.849. The fourth-order valence-electron chi connectivity index (χ4n) is 4.60. The molecule has 3 aliphatic carbocycles. The topological polar surface area (TPSA) is 37.0 Å². The van der Waals surface area contributed by atoms with Gasteiger partial charge in [-0.3, -0.25) is 4.98 Å². The molecular formula is C16H23N3. The Balaban J connectivity index is 1.41. The van der Waals surface area contributed by atoms with Gasteiger partial charge in [0.25, 0.3) is 0 Å². The number of hydrogen-bond acceptors (Lipinski definition) is 3. The molecule has 0 saturated heterocycles. The van der Waals surface area contributed by atoms with Crippen LogP contribution in [0.4, 0.5) is 11.4 Å². The first-order valence-electron chi connectivity index (χ1n) is 7.82. The van der Waals surface area contributed by atoms with Gasteiger partial charge >= 0.3 is 0 Å². The highest BCUT2D eigenvalue weighted by molar-refractivity contribution is 5.55. The predicted octanol–water partition coefficient (Wildman–Crippen LogP) is 3.36. The van der Waals surface area contributed by atoms with Gasteiger partial charge in [0.15, 0.2) is 0 Å².